The zero-order valence-corrected chi connectivity index (χ0v) is 26.1. The molecule has 1 aromatic heterocycles. The molecule has 0 radical (unpaired) electrons. The van der Waals surface area contributed by atoms with Crippen molar-refractivity contribution in [1.29, 1.82) is 0 Å². The van der Waals surface area contributed by atoms with Crippen LogP contribution in [0.4, 0.5) is 5.13 Å². The van der Waals surface area contributed by atoms with Crippen molar-refractivity contribution < 1.29 is 19.4 Å². The molecule has 4 heterocycles. The van der Waals surface area contributed by atoms with Crippen LogP contribution in [-0.4, -0.2) is 59.8 Å². The van der Waals surface area contributed by atoms with E-state index in [0.717, 1.165) is 66.8 Å². The third-order valence-electron chi connectivity index (χ3n) is 10.1. The van der Waals surface area contributed by atoms with Crippen LogP contribution in [-0.2, 0) is 29.1 Å². The maximum absolute atomic E-state index is 11.9. The monoisotopic (exact) mass is 589 g/mol. The summed E-state index contributed by atoms with van der Waals surface area (Å²) in [6.45, 7) is 14.0. The first-order chi connectivity index (χ1) is 20.2. The van der Waals surface area contributed by atoms with Crippen molar-refractivity contribution in [3.8, 4) is 17.0 Å². The van der Waals surface area contributed by atoms with E-state index in [1.165, 1.54) is 28.7 Å². The fraction of sp³-hybridized carbons (Fsp3) is 0.529. The van der Waals surface area contributed by atoms with Crippen LogP contribution in [0, 0.1) is 25.2 Å². The van der Waals surface area contributed by atoms with E-state index in [2.05, 4.69) is 59.4 Å². The van der Waals surface area contributed by atoms with Crippen LogP contribution in [0.1, 0.15) is 60.9 Å². The lowest BCUT2D eigenvalue weighted by Gasteiger charge is -2.41. The lowest BCUT2D eigenvalue weighted by molar-refractivity contribution is -0.152. The molecule has 2 fully saturated rings. The van der Waals surface area contributed by atoms with E-state index < -0.39 is 11.4 Å². The molecule has 1 unspecified atom stereocenters. The number of aryl methyl sites for hydroxylation is 1. The average molecular weight is 590 g/mol. The van der Waals surface area contributed by atoms with Gasteiger partial charge < -0.3 is 19.5 Å². The van der Waals surface area contributed by atoms with E-state index in [0.29, 0.717) is 32.2 Å². The van der Waals surface area contributed by atoms with E-state index in [1.54, 1.807) is 11.3 Å². The molecule has 3 aliphatic rings. The van der Waals surface area contributed by atoms with Crippen molar-refractivity contribution in [3.05, 3.63) is 63.5 Å². The van der Waals surface area contributed by atoms with Gasteiger partial charge >= 0.3 is 5.97 Å². The van der Waals surface area contributed by atoms with Gasteiger partial charge in [0.1, 0.15) is 12.4 Å². The van der Waals surface area contributed by atoms with Gasteiger partial charge in [-0.2, -0.15) is 0 Å². The molecule has 0 spiro atoms. The van der Waals surface area contributed by atoms with Gasteiger partial charge in [-0.3, -0.25) is 9.69 Å². The topological polar surface area (TPSA) is 75.1 Å². The Bertz CT molecular complexity index is 1450. The van der Waals surface area contributed by atoms with Gasteiger partial charge in [0.05, 0.1) is 17.7 Å². The first-order valence-electron chi connectivity index (χ1n) is 15.3. The number of benzene rings is 2. The summed E-state index contributed by atoms with van der Waals surface area (Å²) >= 11 is 1.62. The molecule has 0 amide bonds. The number of carboxylic acid groups (broad SMARTS) is 1. The van der Waals surface area contributed by atoms with Gasteiger partial charge in [0.2, 0.25) is 0 Å². The molecule has 3 aliphatic heterocycles. The van der Waals surface area contributed by atoms with Crippen molar-refractivity contribution in [2.24, 2.45) is 11.3 Å². The minimum absolute atomic E-state index is 0.0400. The van der Waals surface area contributed by atoms with Crippen LogP contribution in [0.5, 0.6) is 5.75 Å². The van der Waals surface area contributed by atoms with Gasteiger partial charge in [-0.05, 0) is 86.3 Å². The first kappa shape index (κ1) is 29.1. The molecular formula is C34H43N3O4S. The number of aromatic nitrogens is 1. The van der Waals surface area contributed by atoms with Gasteiger partial charge in [-0.1, -0.05) is 31.2 Å². The van der Waals surface area contributed by atoms with Gasteiger partial charge in [0.15, 0.2) is 5.13 Å². The van der Waals surface area contributed by atoms with Crippen molar-refractivity contribution >= 4 is 22.4 Å². The number of fused-ring (bicyclic) bond motifs is 1. The molecule has 2 saturated heterocycles. The standard InChI is InChI=1S/C34H43N3O4S/c1-22-7-5-9-29(30-21-42-33(35-30)37-15-13-34(4,32(38)39)23(2)17-37)31(22)41-19-26-11-10-25-18-36(14-12-28(25)24(26)3)27-8-6-16-40-20-27/h5,7,9-11,21,23,27H,6,8,12-20H2,1-4H3,(H,38,39)/t23-,27?,34-/m0/s1. The minimum atomic E-state index is -0.707. The number of hydrogen-bond acceptors (Lipinski definition) is 7. The summed E-state index contributed by atoms with van der Waals surface area (Å²) in [5.74, 6) is 0.209. The van der Waals surface area contributed by atoms with E-state index in [1.807, 2.05) is 13.8 Å². The van der Waals surface area contributed by atoms with Crippen LogP contribution in [0.25, 0.3) is 11.3 Å². The second-order valence-electron chi connectivity index (χ2n) is 12.7. The Morgan fingerprint density at radius 1 is 1.24 bits per heavy atom. The van der Waals surface area contributed by atoms with Crippen LogP contribution in [0.3, 0.4) is 0 Å². The molecular weight excluding hydrogens is 546 g/mol. The normalized spacial score (nSPS) is 24.8. The number of rotatable bonds is 7. The van der Waals surface area contributed by atoms with Crippen molar-refractivity contribution in [1.82, 2.24) is 9.88 Å². The van der Waals surface area contributed by atoms with Crippen LogP contribution in [0.2, 0.25) is 0 Å². The number of aliphatic carboxylic acids is 1. The molecule has 3 aromatic rings. The van der Waals surface area contributed by atoms with Crippen molar-refractivity contribution in [2.75, 3.05) is 37.7 Å². The Balaban J connectivity index is 1.16. The predicted octanol–water partition coefficient (Wildman–Crippen LogP) is 6.48. The fourth-order valence-corrected chi connectivity index (χ4v) is 7.71. The molecule has 1 N–H and O–H groups in total. The first-order valence-corrected chi connectivity index (χ1v) is 16.2. The molecule has 224 valence electrons. The number of anilines is 1. The number of carbonyl (C=O) groups is 1. The number of ether oxygens (including phenoxy) is 2. The van der Waals surface area contributed by atoms with Gasteiger partial charge in [0.25, 0.3) is 0 Å². The third-order valence-corrected chi connectivity index (χ3v) is 11.0. The highest BCUT2D eigenvalue weighted by Crippen LogP contribution is 2.41. The molecule has 2 aromatic carbocycles. The number of hydrogen-bond donors (Lipinski definition) is 1. The van der Waals surface area contributed by atoms with Crippen molar-refractivity contribution in [3.63, 3.8) is 0 Å². The summed E-state index contributed by atoms with van der Waals surface area (Å²) in [6.07, 6.45) is 4.09. The second kappa shape index (κ2) is 12.0. The average Bonchev–Trinajstić information content (AvgIpc) is 3.49. The number of carboxylic acids is 1. The lowest BCUT2D eigenvalue weighted by Crippen LogP contribution is -2.48. The predicted molar refractivity (Wildman–Crippen MR) is 167 cm³/mol. The maximum Gasteiger partial charge on any atom is 0.309 e. The zero-order chi connectivity index (χ0) is 29.4. The van der Waals surface area contributed by atoms with E-state index in [4.69, 9.17) is 14.5 Å². The van der Waals surface area contributed by atoms with E-state index in [-0.39, 0.29) is 5.92 Å². The van der Waals surface area contributed by atoms with E-state index >= 15 is 0 Å². The summed E-state index contributed by atoms with van der Waals surface area (Å²) in [5, 5.41) is 12.8. The molecule has 8 heteroatoms. The quantitative estimate of drug-likeness (QED) is 0.338. The lowest BCUT2D eigenvalue weighted by atomic mass is 9.73. The number of nitrogens with zero attached hydrogens (tertiary/aromatic N) is 3. The highest BCUT2D eigenvalue weighted by Gasteiger charge is 2.43. The molecule has 0 saturated carbocycles. The summed E-state index contributed by atoms with van der Waals surface area (Å²) in [4.78, 5) is 21.7. The Kier molecular flexibility index (Phi) is 8.31. The summed E-state index contributed by atoms with van der Waals surface area (Å²) in [5.41, 5.74) is 7.81. The molecule has 0 bridgehead atoms. The second-order valence-corrected chi connectivity index (χ2v) is 13.5. The smallest absolute Gasteiger partial charge is 0.309 e. The Hall–Kier alpha value is -2.94. The molecule has 0 aliphatic carbocycles. The highest BCUT2D eigenvalue weighted by molar-refractivity contribution is 7.14. The van der Waals surface area contributed by atoms with Gasteiger partial charge in [0, 0.05) is 49.8 Å². The molecule has 42 heavy (non-hydrogen) atoms. The summed E-state index contributed by atoms with van der Waals surface area (Å²) < 4.78 is 12.3. The highest BCUT2D eigenvalue weighted by atomic mass is 32.1. The summed E-state index contributed by atoms with van der Waals surface area (Å²) in [7, 11) is 0. The van der Waals surface area contributed by atoms with Crippen molar-refractivity contribution in [2.45, 2.75) is 72.6 Å². The minimum Gasteiger partial charge on any atom is -0.488 e. The zero-order valence-electron chi connectivity index (χ0n) is 25.3. The fourth-order valence-electron chi connectivity index (χ4n) is 6.85. The van der Waals surface area contributed by atoms with Crippen LogP contribution < -0.4 is 9.64 Å². The number of piperidine rings is 1. The van der Waals surface area contributed by atoms with Gasteiger partial charge in [-0.15, -0.1) is 11.3 Å². The van der Waals surface area contributed by atoms with E-state index in [9.17, 15) is 9.90 Å². The number of thiazole rings is 1. The number of para-hydroxylation sites is 1. The molecule has 7 nitrogen and oxygen atoms in total. The Morgan fingerprint density at radius 3 is 2.86 bits per heavy atom. The Labute approximate surface area is 253 Å². The Morgan fingerprint density at radius 2 is 2.10 bits per heavy atom. The van der Waals surface area contributed by atoms with Gasteiger partial charge in [-0.25, -0.2) is 4.98 Å². The SMILES string of the molecule is Cc1cccc(-c2csc(N3CC[C@](C)(C(=O)O)[C@@H](C)C3)n2)c1OCc1ccc2c(c1C)CCN(C1CCCOC1)C2. The largest absolute Gasteiger partial charge is 0.488 e. The summed E-state index contributed by atoms with van der Waals surface area (Å²) in [6, 6.07) is 11.3. The molecule has 6 rings (SSSR count). The third kappa shape index (κ3) is 5.56. The van der Waals surface area contributed by atoms with Crippen LogP contribution >= 0.6 is 11.3 Å². The maximum atomic E-state index is 11.9. The molecule has 3 atom stereocenters. The van der Waals surface area contributed by atoms with Crippen LogP contribution in [0.15, 0.2) is 35.7 Å².